The predicted octanol–water partition coefficient (Wildman–Crippen LogP) is 3.96. The molecular weight excluding hydrogens is 476 g/mol. The van der Waals surface area contributed by atoms with Gasteiger partial charge in [0.05, 0.1) is 23.2 Å². The molecule has 5 rings (SSSR count). The van der Waals surface area contributed by atoms with E-state index in [1.165, 1.54) is 25.1 Å². The van der Waals surface area contributed by atoms with Crippen molar-refractivity contribution < 1.29 is 33.4 Å². The van der Waals surface area contributed by atoms with E-state index in [1.54, 1.807) is 30.3 Å². The van der Waals surface area contributed by atoms with Crippen molar-refractivity contribution in [2.24, 2.45) is 0 Å². The largest absolute Gasteiger partial charge is 0.454 e. The Labute approximate surface area is 212 Å². The van der Waals surface area contributed by atoms with Gasteiger partial charge in [-0.05, 0) is 66.9 Å². The fourth-order valence-corrected chi connectivity index (χ4v) is 4.13. The number of ether oxygens (including phenoxy) is 3. The van der Waals surface area contributed by atoms with Crippen molar-refractivity contribution >= 4 is 29.4 Å². The highest BCUT2D eigenvalue weighted by Gasteiger charge is 2.36. The van der Waals surface area contributed by atoms with Gasteiger partial charge in [-0.2, -0.15) is 0 Å². The molecule has 3 aromatic carbocycles. The summed E-state index contributed by atoms with van der Waals surface area (Å²) >= 11 is 0. The van der Waals surface area contributed by atoms with Gasteiger partial charge in [-0.3, -0.25) is 19.3 Å². The first-order chi connectivity index (χ1) is 17.8. The number of carbonyl (C=O) groups excluding carboxylic acids is 4. The van der Waals surface area contributed by atoms with Crippen LogP contribution in [-0.4, -0.2) is 41.5 Å². The van der Waals surface area contributed by atoms with E-state index in [1.807, 2.05) is 19.1 Å². The third kappa shape index (κ3) is 4.75. The first-order valence-electron chi connectivity index (χ1n) is 11.8. The molecule has 2 heterocycles. The molecule has 0 radical (unpaired) electrons. The van der Waals surface area contributed by atoms with Crippen molar-refractivity contribution in [1.29, 1.82) is 0 Å². The lowest BCUT2D eigenvalue weighted by Crippen LogP contribution is -2.30. The number of nitrogens with one attached hydrogen (secondary N) is 1. The van der Waals surface area contributed by atoms with Crippen LogP contribution in [0.1, 0.15) is 56.0 Å². The zero-order chi connectivity index (χ0) is 26.1. The van der Waals surface area contributed by atoms with E-state index in [0.29, 0.717) is 22.7 Å². The Morgan fingerprint density at radius 3 is 2.38 bits per heavy atom. The number of imide groups is 1. The Morgan fingerprint density at radius 1 is 0.919 bits per heavy atom. The molecule has 1 N–H and O–H groups in total. The zero-order valence-corrected chi connectivity index (χ0v) is 20.3. The molecule has 0 spiro atoms. The molecule has 3 aromatic rings. The first-order valence-corrected chi connectivity index (χ1v) is 11.8. The Balaban J connectivity index is 1.25. The third-order valence-electron chi connectivity index (χ3n) is 6.27. The molecule has 0 bridgehead atoms. The van der Waals surface area contributed by atoms with Crippen molar-refractivity contribution in [2.45, 2.75) is 32.9 Å². The lowest BCUT2D eigenvalue weighted by molar-refractivity contribution is -0.123. The number of rotatable bonds is 7. The van der Waals surface area contributed by atoms with Crippen molar-refractivity contribution in [3.05, 3.63) is 88.5 Å². The van der Waals surface area contributed by atoms with Gasteiger partial charge in [0.15, 0.2) is 17.6 Å². The van der Waals surface area contributed by atoms with Gasteiger partial charge in [-0.25, -0.2) is 4.79 Å². The standard InChI is InChI=1S/C28H24N2O7/c1-3-17-4-8-20(9-5-17)29-25(31)16(2)37-28(34)19-7-10-21-22(13-19)27(33)30(26(21)32)14-18-6-11-23-24(12-18)36-15-35-23/h4-13,16H,3,14-15H2,1-2H3,(H,29,31). The third-order valence-corrected chi connectivity index (χ3v) is 6.27. The van der Waals surface area contributed by atoms with Gasteiger partial charge < -0.3 is 19.5 Å². The predicted molar refractivity (Wildman–Crippen MR) is 133 cm³/mol. The first kappa shape index (κ1) is 24.1. The summed E-state index contributed by atoms with van der Waals surface area (Å²) < 4.78 is 16.0. The maximum atomic E-state index is 13.0. The molecule has 2 aliphatic rings. The number of amides is 3. The minimum absolute atomic E-state index is 0.0409. The second kappa shape index (κ2) is 9.77. The van der Waals surface area contributed by atoms with E-state index in [2.05, 4.69) is 5.32 Å². The summed E-state index contributed by atoms with van der Waals surface area (Å²) in [5.41, 5.74) is 2.79. The minimum atomic E-state index is -1.08. The molecule has 0 saturated carbocycles. The highest BCUT2D eigenvalue weighted by Crippen LogP contribution is 2.34. The van der Waals surface area contributed by atoms with Gasteiger partial charge in [-0.15, -0.1) is 0 Å². The summed E-state index contributed by atoms with van der Waals surface area (Å²) in [6, 6.07) is 16.7. The van der Waals surface area contributed by atoms with Crippen molar-refractivity contribution in [2.75, 3.05) is 12.1 Å². The summed E-state index contributed by atoms with van der Waals surface area (Å²) in [5.74, 6) is -1.09. The van der Waals surface area contributed by atoms with E-state index >= 15 is 0 Å². The molecule has 0 fully saturated rings. The lowest BCUT2D eigenvalue weighted by Gasteiger charge is -2.14. The number of esters is 1. The van der Waals surface area contributed by atoms with Gasteiger partial charge in [0, 0.05) is 5.69 Å². The van der Waals surface area contributed by atoms with Crippen LogP contribution in [0.15, 0.2) is 60.7 Å². The number of aryl methyl sites for hydroxylation is 1. The quantitative estimate of drug-likeness (QED) is 0.386. The molecular formula is C28H24N2O7. The number of hydrogen-bond donors (Lipinski definition) is 1. The number of nitrogens with zero attached hydrogens (tertiary/aromatic N) is 1. The topological polar surface area (TPSA) is 111 Å². The van der Waals surface area contributed by atoms with Gasteiger partial charge >= 0.3 is 5.97 Å². The Hall–Kier alpha value is -4.66. The number of carbonyl (C=O) groups is 4. The molecule has 0 aromatic heterocycles. The lowest BCUT2D eigenvalue weighted by atomic mass is 10.1. The number of fused-ring (bicyclic) bond motifs is 2. The molecule has 2 aliphatic heterocycles. The SMILES string of the molecule is CCc1ccc(NC(=O)C(C)OC(=O)c2ccc3c(c2)C(=O)N(Cc2ccc4c(c2)OCO4)C3=O)cc1. The molecule has 0 saturated heterocycles. The molecule has 37 heavy (non-hydrogen) atoms. The van der Waals surface area contributed by atoms with Crippen LogP contribution in [0, 0.1) is 0 Å². The second-order valence-corrected chi connectivity index (χ2v) is 8.73. The Bertz CT molecular complexity index is 1410. The fraction of sp³-hybridized carbons (Fsp3) is 0.214. The van der Waals surface area contributed by atoms with Crippen LogP contribution in [0.4, 0.5) is 5.69 Å². The number of benzene rings is 3. The van der Waals surface area contributed by atoms with Crippen molar-refractivity contribution in [1.82, 2.24) is 4.90 Å². The fourth-order valence-electron chi connectivity index (χ4n) is 4.13. The van der Waals surface area contributed by atoms with E-state index in [0.717, 1.165) is 16.9 Å². The Kier molecular flexibility index (Phi) is 6.35. The normalized spacial score (nSPS) is 14.4. The van der Waals surface area contributed by atoms with Crippen LogP contribution in [-0.2, 0) is 22.5 Å². The van der Waals surface area contributed by atoms with Crippen LogP contribution in [0.5, 0.6) is 11.5 Å². The average molecular weight is 501 g/mol. The van der Waals surface area contributed by atoms with Crippen LogP contribution < -0.4 is 14.8 Å². The molecule has 0 aliphatic carbocycles. The van der Waals surface area contributed by atoms with Gasteiger partial charge in [0.2, 0.25) is 6.79 Å². The van der Waals surface area contributed by atoms with Gasteiger partial charge in [0.25, 0.3) is 17.7 Å². The molecule has 9 nitrogen and oxygen atoms in total. The maximum Gasteiger partial charge on any atom is 0.338 e. The van der Waals surface area contributed by atoms with E-state index in [9.17, 15) is 19.2 Å². The monoisotopic (exact) mass is 500 g/mol. The van der Waals surface area contributed by atoms with E-state index < -0.39 is 29.8 Å². The molecule has 1 unspecified atom stereocenters. The highest BCUT2D eigenvalue weighted by atomic mass is 16.7. The van der Waals surface area contributed by atoms with Crippen molar-refractivity contribution in [3.63, 3.8) is 0 Å². The smallest absolute Gasteiger partial charge is 0.338 e. The molecule has 9 heteroatoms. The van der Waals surface area contributed by atoms with Crippen LogP contribution in [0.3, 0.4) is 0 Å². The summed E-state index contributed by atoms with van der Waals surface area (Å²) in [7, 11) is 0. The van der Waals surface area contributed by atoms with Crippen LogP contribution in [0.25, 0.3) is 0 Å². The van der Waals surface area contributed by atoms with Gasteiger partial charge in [-0.1, -0.05) is 25.1 Å². The summed E-state index contributed by atoms with van der Waals surface area (Å²) in [6.45, 7) is 3.66. The number of hydrogen-bond acceptors (Lipinski definition) is 7. The van der Waals surface area contributed by atoms with Crippen molar-refractivity contribution in [3.8, 4) is 11.5 Å². The summed E-state index contributed by atoms with van der Waals surface area (Å²) in [4.78, 5) is 52.2. The summed E-state index contributed by atoms with van der Waals surface area (Å²) in [6.07, 6.45) is -0.195. The van der Waals surface area contributed by atoms with E-state index in [-0.39, 0.29) is 30.0 Å². The number of anilines is 1. The van der Waals surface area contributed by atoms with Gasteiger partial charge in [0.1, 0.15) is 0 Å². The maximum absolute atomic E-state index is 13.0. The molecule has 3 amide bonds. The second-order valence-electron chi connectivity index (χ2n) is 8.73. The van der Waals surface area contributed by atoms with E-state index in [4.69, 9.17) is 14.2 Å². The zero-order valence-electron chi connectivity index (χ0n) is 20.3. The highest BCUT2D eigenvalue weighted by molar-refractivity contribution is 6.21. The minimum Gasteiger partial charge on any atom is -0.454 e. The average Bonchev–Trinajstić information content (AvgIpc) is 3.47. The Morgan fingerprint density at radius 2 is 1.62 bits per heavy atom. The van der Waals surface area contributed by atoms with Crippen LogP contribution in [0.2, 0.25) is 0 Å². The molecule has 1 atom stereocenters. The molecule has 188 valence electrons. The summed E-state index contributed by atoms with van der Waals surface area (Å²) in [5, 5.41) is 2.71. The van der Waals surface area contributed by atoms with Crippen LogP contribution >= 0.6 is 0 Å².